The van der Waals surface area contributed by atoms with E-state index < -0.39 is 10.0 Å². The molecule has 0 atom stereocenters. The van der Waals surface area contributed by atoms with Crippen molar-refractivity contribution in [2.75, 3.05) is 16.2 Å². The molecule has 0 unspecified atom stereocenters. The van der Waals surface area contributed by atoms with Crippen molar-refractivity contribution in [3.63, 3.8) is 0 Å². The number of benzene rings is 2. The molecule has 3 aromatic rings. The van der Waals surface area contributed by atoms with Crippen molar-refractivity contribution < 1.29 is 8.42 Å². The van der Waals surface area contributed by atoms with E-state index in [1.165, 1.54) is 11.1 Å². The fraction of sp³-hybridized carbons (Fsp3) is 0.227. The third kappa shape index (κ3) is 3.73. The van der Waals surface area contributed by atoms with Gasteiger partial charge in [-0.25, -0.2) is 13.4 Å². The number of aryl methyl sites for hydroxylation is 2. The van der Waals surface area contributed by atoms with E-state index >= 15 is 0 Å². The van der Waals surface area contributed by atoms with Crippen LogP contribution in [0.4, 0.5) is 11.5 Å². The number of nitrogens with zero attached hydrogens (tertiary/aromatic N) is 2. The van der Waals surface area contributed by atoms with Crippen LogP contribution < -0.4 is 9.62 Å². The summed E-state index contributed by atoms with van der Waals surface area (Å²) in [6, 6.07) is 17.4. The highest BCUT2D eigenvalue weighted by atomic mass is 32.2. The summed E-state index contributed by atoms with van der Waals surface area (Å²) in [5, 5.41) is 0. The Bertz CT molecular complexity index is 1110. The maximum absolute atomic E-state index is 12.7. The number of anilines is 2. The Morgan fingerprint density at radius 1 is 1.00 bits per heavy atom. The maximum atomic E-state index is 12.7. The van der Waals surface area contributed by atoms with Gasteiger partial charge in [0, 0.05) is 13.1 Å². The third-order valence-corrected chi connectivity index (χ3v) is 6.62. The lowest BCUT2D eigenvalue weighted by Crippen LogP contribution is -2.30. The normalized spacial score (nSPS) is 13.9. The molecule has 0 saturated carbocycles. The summed E-state index contributed by atoms with van der Waals surface area (Å²) in [5.74, 6) is 0.320. The average molecular weight is 394 g/mol. The van der Waals surface area contributed by atoms with E-state index in [0.29, 0.717) is 5.82 Å². The molecule has 6 heteroatoms. The van der Waals surface area contributed by atoms with Gasteiger partial charge in [0.25, 0.3) is 10.0 Å². The van der Waals surface area contributed by atoms with Crippen molar-refractivity contribution in [2.24, 2.45) is 0 Å². The van der Waals surface area contributed by atoms with Crippen LogP contribution in [0.1, 0.15) is 22.3 Å². The largest absolute Gasteiger partial charge is 0.366 e. The summed E-state index contributed by atoms with van der Waals surface area (Å²) in [7, 11) is -3.66. The van der Waals surface area contributed by atoms with E-state index in [0.717, 1.165) is 36.3 Å². The van der Waals surface area contributed by atoms with Crippen LogP contribution in [0.15, 0.2) is 65.7 Å². The summed E-state index contributed by atoms with van der Waals surface area (Å²) in [4.78, 5) is 6.87. The fourth-order valence-electron chi connectivity index (χ4n) is 3.64. The Balaban J connectivity index is 1.51. The van der Waals surface area contributed by atoms with Gasteiger partial charge in [-0.15, -0.1) is 0 Å². The first-order chi connectivity index (χ1) is 13.4. The van der Waals surface area contributed by atoms with E-state index in [4.69, 9.17) is 0 Å². The predicted octanol–water partition coefficient (Wildman–Crippen LogP) is 4.06. The predicted molar refractivity (Wildman–Crippen MR) is 112 cm³/mol. The van der Waals surface area contributed by atoms with Crippen LogP contribution >= 0.6 is 0 Å². The second-order valence-electron chi connectivity index (χ2n) is 7.22. The van der Waals surface area contributed by atoms with Gasteiger partial charge in [0.05, 0.1) is 16.8 Å². The van der Waals surface area contributed by atoms with Gasteiger partial charge in [-0.05, 0) is 55.2 Å². The van der Waals surface area contributed by atoms with Crippen molar-refractivity contribution in [3.05, 3.63) is 83.0 Å². The van der Waals surface area contributed by atoms with Crippen LogP contribution in [-0.4, -0.2) is 19.9 Å². The van der Waals surface area contributed by atoms with Gasteiger partial charge in [0.1, 0.15) is 5.82 Å². The van der Waals surface area contributed by atoms with Gasteiger partial charge in [-0.2, -0.15) is 0 Å². The Morgan fingerprint density at radius 3 is 2.50 bits per heavy atom. The quantitative estimate of drug-likeness (QED) is 0.726. The molecule has 0 saturated heterocycles. The lowest BCUT2D eigenvalue weighted by molar-refractivity contribution is 0.600. The molecule has 144 valence electrons. The molecule has 0 aliphatic carbocycles. The first-order valence-electron chi connectivity index (χ1n) is 9.30. The molecule has 5 nitrogen and oxygen atoms in total. The lowest BCUT2D eigenvalue weighted by Gasteiger charge is -2.30. The Morgan fingerprint density at radius 2 is 1.79 bits per heavy atom. The van der Waals surface area contributed by atoms with E-state index in [1.807, 2.05) is 19.1 Å². The van der Waals surface area contributed by atoms with Crippen LogP contribution in [0.25, 0.3) is 0 Å². The zero-order valence-electron chi connectivity index (χ0n) is 16.0. The smallest absolute Gasteiger partial charge is 0.263 e. The van der Waals surface area contributed by atoms with E-state index in [2.05, 4.69) is 38.9 Å². The second kappa shape index (κ2) is 7.28. The van der Waals surface area contributed by atoms with Crippen LogP contribution in [0.2, 0.25) is 0 Å². The molecule has 0 spiro atoms. The Hall–Kier alpha value is -2.86. The monoisotopic (exact) mass is 393 g/mol. The maximum Gasteiger partial charge on any atom is 0.263 e. The average Bonchev–Trinajstić information content (AvgIpc) is 2.67. The molecule has 0 fully saturated rings. The van der Waals surface area contributed by atoms with Gasteiger partial charge >= 0.3 is 0 Å². The number of nitrogens with one attached hydrogen (secondary N) is 1. The molecule has 1 aliphatic rings. The lowest BCUT2D eigenvalue weighted by atomic mass is 10.00. The summed E-state index contributed by atoms with van der Waals surface area (Å²) in [6.45, 7) is 5.50. The van der Waals surface area contributed by atoms with Crippen LogP contribution in [0, 0.1) is 13.8 Å². The van der Waals surface area contributed by atoms with Crippen LogP contribution in [0.5, 0.6) is 0 Å². The van der Waals surface area contributed by atoms with Crippen molar-refractivity contribution in [2.45, 2.75) is 31.7 Å². The summed E-state index contributed by atoms with van der Waals surface area (Å²) in [5.41, 5.74) is 5.46. The number of pyridine rings is 1. The van der Waals surface area contributed by atoms with Crippen molar-refractivity contribution >= 4 is 21.5 Å². The molecule has 1 aromatic heterocycles. The molecule has 28 heavy (non-hydrogen) atoms. The highest BCUT2D eigenvalue weighted by molar-refractivity contribution is 7.92. The van der Waals surface area contributed by atoms with Gasteiger partial charge < -0.3 is 4.90 Å². The highest BCUT2D eigenvalue weighted by Crippen LogP contribution is 2.25. The summed E-state index contributed by atoms with van der Waals surface area (Å²) >= 11 is 0. The minimum atomic E-state index is -3.66. The minimum absolute atomic E-state index is 0.275. The molecule has 1 aliphatic heterocycles. The number of fused-ring (bicyclic) bond motifs is 1. The zero-order chi connectivity index (χ0) is 19.7. The molecule has 2 heterocycles. The van der Waals surface area contributed by atoms with Crippen molar-refractivity contribution in [1.82, 2.24) is 4.98 Å². The number of hydrogen-bond donors (Lipinski definition) is 1. The molecule has 2 aromatic carbocycles. The Kier molecular flexibility index (Phi) is 4.81. The first-order valence-corrected chi connectivity index (χ1v) is 10.8. The molecule has 0 bridgehead atoms. The van der Waals surface area contributed by atoms with Gasteiger partial charge in [0.2, 0.25) is 0 Å². The number of aromatic nitrogens is 1. The van der Waals surface area contributed by atoms with Crippen LogP contribution in [0.3, 0.4) is 0 Å². The summed E-state index contributed by atoms with van der Waals surface area (Å²) < 4.78 is 28.0. The molecule has 0 radical (unpaired) electrons. The number of rotatable bonds is 4. The van der Waals surface area contributed by atoms with Gasteiger partial charge in [-0.3, -0.25) is 4.72 Å². The summed E-state index contributed by atoms with van der Waals surface area (Å²) in [6.07, 6.45) is 2.73. The molecule has 4 rings (SSSR count). The molecular formula is C22H23N3O2S. The fourth-order valence-corrected chi connectivity index (χ4v) is 4.88. The van der Waals surface area contributed by atoms with E-state index in [1.54, 1.807) is 31.3 Å². The zero-order valence-corrected chi connectivity index (χ0v) is 16.8. The highest BCUT2D eigenvalue weighted by Gasteiger charge is 2.19. The molecular weight excluding hydrogens is 370 g/mol. The standard InChI is InChI=1S/C22H23N3O2S/c1-16-7-9-21(17(2)13-16)28(26,27)24-22-10-8-20(14-23-22)25-12-11-18-5-3-4-6-19(18)15-25/h3-10,13-14H,11-12,15H2,1-2H3,(H,23,24). The SMILES string of the molecule is Cc1ccc(S(=O)(=O)Nc2ccc(N3CCc4ccccc4C3)cn2)c(C)c1. The third-order valence-electron chi connectivity index (χ3n) is 5.10. The van der Waals surface area contributed by atoms with Gasteiger partial charge in [-0.1, -0.05) is 42.0 Å². The minimum Gasteiger partial charge on any atom is -0.366 e. The first kappa shape index (κ1) is 18.5. The molecule has 1 N–H and O–H groups in total. The van der Waals surface area contributed by atoms with Gasteiger partial charge in [0.15, 0.2) is 0 Å². The van der Waals surface area contributed by atoms with E-state index in [-0.39, 0.29) is 4.90 Å². The van der Waals surface area contributed by atoms with E-state index in [9.17, 15) is 8.42 Å². The number of sulfonamides is 1. The topological polar surface area (TPSA) is 62.3 Å². The van der Waals surface area contributed by atoms with Crippen LogP contribution in [-0.2, 0) is 23.0 Å². The Labute approximate surface area is 166 Å². The number of hydrogen-bond acceptors (Lipinski definition) is 4. The van der Waals surface area contributed by atoms with Crippen molar-refractivity contribution in [3.8, 4) is 0 Å². The van der Waals surface area contributed by atoms with Crippen molar-refractivity contribution in [1.29, 1.82) is 0 Å². The second-order valence-corrected chi connectivity index (χ2v) is 8.87. The molecule has 0 amide bonds.